The quantitative estimate of drug-likeness (QED) is 0.883. The molecule has 1 fully saturated rings. The Hall–Kier alpha value is -0.870. The van der Waals surface area contributed by atoms with E-state index in [9.17, 15) is 13.5 Å². The van der Waals surface area contributed by atoms with Crippen LogP contribution in [0.1, 0.15) is 24.0 Å². The van der Waals surface area contributed by atoms with E-state index in [0.29, 0.717) is 0 Å². The third kappa shape index (κ3) is 2.38. The predicted molar refractivity (Wildman–Crippen MR) is 67.8 cm³/mol. The van der Waals surface area contributed by atoms with Crippen LogP contribution in [0.3, 0.4) is 0 Å². The zero-order valence-corrected chi connectivity index (χ0v) is 10.9. The van der Waals surface area contributed by atoms with Gasteiger partial charge >= 0.3 is 0 Å². The zero-order chi connectivity index (χ0) is 12.6. The molecule has 0 saturated heterocycles. The van der Waals surface area contributed by atoms with E-state index in [-0.39, 0.29) is 18.4 Å². The summed E-state index contributed by atoms with van der Waals surface area (Å²) in [7, 11) is -3.06. The maximum atomic E-state index is 11.6. The van der Waals surface area contributed by atoms with Gasteiger partial charge in [0.2, 0.25) is 0 Å². The van der Waals surface area contributed by atoms with Crippen molar-refractivity contribution in [3.8, 4) is 0 Å². The molecule has 0 bridgehead atoms. The van der Waals surface area contributed by atoms with Gasteiger partial charge in [-0.15, -0.1) is 0 Å². The summed E-state index contributed by atoms with van der Waals surface area (Å²) in [5.41, 5.74) is 2.27. The van der Waals surface area contributed by atoms with E-state index in [0.717, 1.165) is 12.0 Å². The van der Waals surface area contributed by atoms with Crippen LogP contribution < -0.4 is 0 Å². The summed E-state index contributed by atoms with van der Waals surface area (Å²) >= 11 is 0. The number of hydrogen-bond acceptors (Lipinski definition) is 3. The molecular formula is C13H18O3S. The Balaban J connectivity index is 2.23. The van der Waals surface area contributed by atoms with Crippen LogP contribution in [0.4, 0.5) is 0 Å². The molecule has 0 heterocycles. The molecule has 0 unspecified atom stereocenters. The fourth-order valence-corrected chi connectivity index (χ4v) is 4.25. The normalized spacial score (nSPS) is 28.1. The molecule has 1 saturated carbocycles. The summed E-state index contributed by atoms with van der Waals surface area (Å²) in [6.07, 6.45) is 2.23. The van der Waals surface area contributed by atoms with Gasteiger partial charge in [0.1, 0.15) is 0 Å². The van der Waals surface area contributed by atoms with Crippen LogP contribution in [-0.4, -0.2) is 31.6 Å². The van der Waals surface area contributed by atoms with Gasteiger partial charge in [-0.25, -0.2) is 8.42 Å². The topological polar surface area (TPSA) is 54.4 Å². The molecule has 0 amide bonds. The summed E-state index contributed by atoms with van der Waals surface area (Å²) in [4.78, 5) is 0. The zero-order valence-electron chi connectivity index (χ0n) is 10.1. The number of aryl methyl sites for hydroxylation is 1. The van der Waals surface area contributed by atoms with Crippen molar-refractivity contribution in [2.24, 2.45) is 5.92 Å². The molecular weight excluding hydrogens is 236 g/mol. The van der Waals surface area contributed by atoms with E-state index < -0.39 is 15.1 Å². The molecule has 1 aliphatic rings. The standard InChI is InChI=1S/C13H18O3S/c1-3-9-4-6-10(7-5-9)12-11(8-14)13(12)17(2,15)16/h4-7,11-14H,3,8H2,1-2H3/t11-,12-,13-/m0/s1. The Morgan fingerprint density at radius 3 is 2.18 bits per heavy atom. The van der Waals surface area contributed by atoms with Crippen molar-refractivity contribution in [1.82, 2.24) is 0 Å². The molecule has 3 nitrogen and oxygen atoms in total. The van der Waals surface area contributed by atoms with Gasteiger partial charge in [-0.2, -0.15) is 0 Å². The second kappa shape index (κ2) is 4.42. The molecule has 1 aromatic rings. The molecule has 94 valence electrons. The highest BCUT2D eigenvalue weighted by atomic mass is 32.2. The summed E-state index contributed by atoms with van der Waals surface area (Å²) < 4.78 is 23.1. The molecule has 0 radical (unpaired) electrons. The van der Waals surface area contributed by atoms with Crippen molar-refractivity contribution < 1.29 is 13.5 Å². The van der Waals surface area contributed by atoms with E-state index >= 15 is 0 Å². The number of benzene rings is 1. The molecule has 2 rings (SSSR count). The number of rotatable bonds is 4. The predicted octanol–water partition coefficient (Wildman–Crippen LogP) is 1.37. The first-order valence-corrected chi connectivity index (χ1v) is 7.83. The summed E-state index contributed by atoms with van der Waals surface area (Å²) in [6.45, 7) is 2.03. The van der Waals surface area contributed by atoms with Crippen molar-refractivity contribution in [3.05, 3.63) is 35.4 Å². The third-order valence-electron chi connectivity index (χ3n) is 3.57. The van der Waals surface area contributed by atoms with Crippen LogP contribution in [0, 0.1) is 5.92 Å². The lowest BCUT2D eigenvalue weighted by Crippen LogP contribution is -2.08. The van der Waals surface area contributed by atoms with Gasteiger partial charge in [0.05, 0.1) is 5.25 Å². The van der Waals surface area contributed by atoms with E-state index in [4.69, 9.17) is 0 Å². The van der Waals surface area contributed by atoms with Gasteiger partial charge in [0.25, 0.3) is 0 Å². The highest BCUT2D eigenvalue weighted by Crippen LogP contribution is 2.51. The van der Waals surface area contributed by atoms with E-state index in [1.807, 2.05) is 24.3 Å². The Morgan fingerprint density at radius 1 is 1.24 bits per heavy atom. The smallest absolute Gasteiger partial charge is 0.151 e. The van der Waals surface area contributed by atoms with E-state index in [1.165, 1.54) is 11.8 Å². The molecule has 3 atom stereocenters. The Morgan fingerprint density at radius 2 is 1.82 bits per heavy atom. The fourth-order valence-electron chi connectivity index (χ4n) is 2.56. The SMILES string of the molecule is CCc1ccc([C@H]2[C@H](CO)[C@@H]2S(C)(=O)=O)cc1. The average molecular weight is 254 g/mol. The maximum Gasteiger partial charge on any atom is 0.151 e. The van der Waals surface area contributed by atoms with Crippen LogP contribution in [0.25, 0.3) is 0 Å². The van der Waals surface area contributed by atoms with Crippen molar-refractivity contribution in [2.45, 2.75) is 24.5 Å². The number of aliphatic hydroxyl groups is 1. The van der Waals surface area contributed by atoms with Gasteiger partial charge in [0.15, 0.2) is 9.84 Å². The monoisotopic (exact) mass is 254 g/mol. The van der Waals surface area contributed by atoms with Crippen LogP contribution in [0.2, 0.25) is 0 Å². The first kappa shape index (κ1) is 12.6. The van der Waals surface area contributed by atoms with Gasteiger partial charge in [-0.05, 0) is 17.5 Å². The minimum absolute atomic E-state index is 0.0269. The van der Waals surface area contributed by atoms with E-state index in [1.54, 1.807) is 0 Å². The Bertz CT molecular complexity index is 490. The number of aliphatic hydroxyl groups excluding tert-OH is 1. The summed E-state index contributed by atoms with van der Waals surface area (Å²) in [5.74, 6) is -0.154. The van der Waals surface area contributed by atoms with Crippen LogP contribution in [0.15, 0.2) is 24.3 Å². The molecule has 1 aromatic carbocycles. The molecule has 4 heteroatoms. The van der Waals surface area contributed by atoms with Crippen LogP contribution in [0.5, 0.6) is 0 Å². The Kier molecular flexibility index (Phi) is 3.27. The maximum absolute atomic E-state index is 11.6. The molecule has 0 spiro atoms. The average Bonchev–Trinajstić information content (AvgIpc) is 3.03. The van der Waals surface area contributed by atoms with Crippen molar-refractivity contribution in [2.75, 3.05) is 12.9 Å². The molecule has 0 aromatic heterocycles. The minimum Gasteiger partial charge on any atom is -0.396 e. The first-order chi connectivity index (χ1) is 7.99. The van der Waals surface area contributed by atoms with Crippen molar-refractivity contribution in [3.63, 3.8) is 0 Å². The van der Waals surface area contributed by atoms with Gasteiger partial charge in [0, 0.05) is 24.7 Å². The molecule has 1 N–H and O–H groups in total. The van der Waals surface area contributed by atoms with Crippen LogP contribution in [-0.2, 0) is 16.3 Å². The Labute approximate surface area is 102 Å². The highest BCUT2D eigenvalue weighted by Gasteiger charge is 2.56. The lowest BCUT2D eigenvalue weighted by molar-refractivity contribution is 0.274. The number of sulfone groups is 1. The first-order valence-electron chi connectivity index (χ1n) is 5.87. The van der Waals surface area contributed by atoms with Crippen LogP contribution >= 0.6 is 0 Å². The van der Waals surface area contributed by atoms with E-state index in [2.05, 4.69) is 6.92 Å². The van der Waals surface area contributed by atoms with Crippen molar-refractivity contribution in [1.29, 1.82) is 0 Å². The third-order valence-corrected chi connectivity index (χ3v) is 5.21. The summed E-state index contributed by atoms with van der Waals surface area (Å²) in [5, 5.41) is 8.81. The van der Waals surface area contributed by atoms with Crippen molar-refractivity contribution >= 4 is 9.84 Å². The molecule has 1 aliphatic carbocycles. The molecule has 17 heavy (non-hydrogen) atoms. The van der Waals surface area contributed by atoms with Gasteiger partial charge < -0.3 is 5.11 Å². The minimum atomic E-state index is -3.06. The van der Waals surface area contributed by atoms with Gasteiger partial charge in [-0.1, -0.05) is 31.2 Å². The second-order valence-electron chi connectivity index (χ2n) is 4.76. The lowest BCUT2D eigenvalue weighted by Gasteiger charge is -2.01. The largest absolute Gasteiger partial charge is 0.396 e. The number of hydrogen-bond donors (Lipinski definition) is 1. The molecule has 0 aliphatic heterocycles. The second-order valence-corrected chi connectivity index (χ2v) is 6.96. The fraction of sp³-hybridized carbons (Fsp3) is 0.538. The van der Waals surface area contributed by atoms with Gasteiger partial charge in [-0.3, -0.25) is 0 Å². The lowest BCUT2D eigenvalue weighted by atomic mass is 10.1. The highest BCUT2D eigenvalue weighted by molar-refractivity contribution is 7.91. The summed E-state index contributed by atoms with van der Waals surface area (Å²) in [6, 6.07) is 8.03.